The van der Waals surface area contributed by atoms with E-state index in [0.29, 0.717) is 11.1 Å². The lowest BCUT2D eigenvalue weighted by Gasteiger charge is -2.15. The second kappa shape index (κ2) is 5.00. The fourth-order valence-corrected chi connectivity index (χ4v) is 2.39. The highest BCUT2D eigenvalue weighted by Gasteiger charge is 2.36. The van der Waals surface area contributed by atoms with Crippen LogP contribution in [-0.2, 0) is 9.53 Å². The third-order valence-electron chi connectivity index (χ3n) is 3.34. The van der Waals surface area contributed by atoms with E-state index in [9.17, 15) is 25.2 Å². The number of carbonyl (C=O) groups excluding carboxylic acids is 1. The fraction of sp³-hybridized carbons (Fsp3) is 0.0625. The van der Waals surface area contributed by atoms with Gasteiger partial charge in [0.2, 0.25) is 5.76 Å². The summed E-state index contributed by atoms with van der Waals surface area (Å²) >= 11 is 0. The maximum Gasteiger partial charge on any atom is 0.374 e. The summed E-state index contributed by atoms with van der Waals surface area (Å²) in [6, 6.07) is 9.68. The second-order valence-electron chi connectivity index (χ2n) is 4.88. The van der Waals surface area contributed by atoms with E-state index >= 15 is 0 Å². The van der Waals surface area contributed by atoms with Crippen LogP contribution in [0.1, 0.15) is 17.2 Å². The summed E-state index contributed by atoms with van der Waals surface area (Å²) in [4.78, 5) is 11.7. The predicted octanol–water partition coefficient (Wildman–Crippen LogP) is 2.37. The molecule has 0 saturated carbocycles. The molecule has 1 heterocycles. The molecule has 1 aliphatic heterocycles. The molecule has 2 aromatic carbocycles. The number of cyclic esters (lactones) is 1. The van der Waals surface area contributed by atoms with E-state index in [4.69, 9.17) is 4.74 Å². The van der Waals surface area contributed by atoms with Gasteiger partial charge >= 0.3 is 5.97 Å². The molecule has 6 nitrogen and oxygen atoms in total. The molecule has 0 saturated heterocycles. The summed E-state index contributed by atoms with van der Waals surface area (Å²) in [5, 5.41) is 38.4. The van der Waals surface area contributed by atoms with Crippen molar-refractivity contribution in [2.45, 2.75) is 6.10 Å². The second-order valence-corrected chi connectivity index (χ2v) is 4.88. The highest BCUT2D eigenvalue weighted by molar-refractivity contribution is 6.00. The topological polar surface area (TPSA) is 107 Å². The average Bonchev–Trinajstić information content (AvgIpc) is 2.75. The standard InChI is InChI=1S/C16H12O6/c17-10-3-1-8(2-4-10)13-14(20)16(21)22-15(13)9-5-11(18)7-12(19)6-9/h1-7,15,17-20H. The van der Waals surface area contributed by atoms with Crippen molar-refractivity contribution in [3.63, 3.8) is 0 Å². The van der Waals surface area contributed by atoms with Gasteiger partial charge in [0.15, 0.2) is 6.10 Å². The molecule has 1 aliphatic rings. The Labute approximate surface area is 125 Å². The molecule has 0 fully saturated rings. The van der Waals surface area contributed by atoms with Crippen LogP contribution in [0.25, 0.3) is 5.57 Å². The number of rotatable bonds is 2. The average molecular weight is 300 g/mol. The van der Waals surface area contributed by atoms with Gasteiger partial charge in [-0.1, -0.05) is 12.1 Å². The highest BCUT2D eigenvalue weighted by Crippen LogP contribution is 2.42. The Bertz CT molecular complexity index is 755. The van der Waals surface area contributed by atoms with Crippen LogP contribution < -0.4 is 0 Å². The molecule has 112 valence electrons. The molecule has 2 aromatic rings. The van der Waals surface area contributed by atoms with Crippen LogP contribution in [0.15, 0.2) is 48.2 Å². The smallest absolute Gasteiger partial charge is 0.374 e. The van der Waals surface area contributed by atoms with Gasteiger partial charge in [-0.2, -0.15) is 0 Å². The Morgan fingerprint density at radius 1 is 0.818 bits per heavy atom. The Balaban J connectivity index is 2.11. The first-order chi connectivity index (χ1) is 10.5. The number of esters is 1. The van der Waals surface area contributed by atoms with Crippen LogP contribution in [0.2, 0.25) is 0 Å². The molecule has 0 radical (unpaired) electrons. The zero-order valence-corrected chi connectivity index (χ0v) is 11.2. The summed E-state index contributed by atoms with van der Waals surface area (Å²) in [7, 11) is 0. The van der Waals surface area contributed by atoms with Crippen molar-refractivity contribution in [3.05, 3.63) is 59.4 Å². The van der Waals surface area contributed by atoms with Crippen LogP contribution in [0.3, 0.4) is 0 Å². The summed E-state index contributed by atoms with van der Waals surface area (Å²) in [5.41, 5.74) is 1.00. The minimum absolute atomic E-state index is 0.0423. The number of aromatic hydroxyl groups is 3. The first kappa shape index (κ1) is 13.8. The Kier molecular flexibility index (Phi) is 3.14. The van der Waals surface area contributed by atoms with Crippen LogP contribution in [0.5, 0.6) is 17.2 Å². The number of aliphatic hydroxyl groups excluding tert-OH is 1. The number of carbonyl (C=O) groups is 1. The third-order valence-corrected chi connectivity index (χ3v) is 3.34. The number of phenolic OH excluding ortho intramolecular Hbond substituents is 3. The quantitative estimate of drug-likeness (QED) is 0.634. The number of aliphatic hydroxyl groups is 1. The third kappa shape index (κ3) is 2.31. The number of hydrogen-bond donors (Lipinski definition) is 4. The van der Waals surface area contributed by atoms with E-state index in [-0.39, 0.29) is 22.8 Å². The first-order valence-corrected chi connectivity index (χ1v) is 6.42. The van der Waals surface area contributed by atoms with Gasteiger partial charge in [-0.15, -0.1) is 0 Å². The molecular weight excluding hydrogens is 288 g/mol. The maximum absolute atomic E-state index is 11.7. The van der Waals surface area contributed by atoms with Gasteiger partial charge in [0, 0.05) is 11.6 Å². The molecule has 3 rings (SSSR count). The zero-order valence-electron chi connectivity index (χ0n) is 11.2. The molecule has 0 aliphatic carbocycles. The van der Waals surface area contributed by atoms with Gasteiger partial charge in [-0.05, 0) is 29.8 Å². The summed E-state index contributed by atoms with van der Waals surface area (Å²) in [5.74, 6) is -1.78. The van der Waals surface area contributed by atoms with Gasteiger partial charge in [-0.25, -0.2) is 4.79 Å². The van der Waals surface area contributed by atoms with E-state index < -0.39 is 17.8 Å². The van der Waals surface area contributed by atoms with Crippen LogP contribution >= 0.6 is 0 Å². The summed E-state index contributed by atoms with van der Waals surface area (Å²) < 4.78 is 5.12. The van der Waals surface area contributed by atoms with Crippen LogP contribution in [0, 0.1) is 0 Å². The van der Waals surface area contributed by atoms with E-state index in [2.05, 4.69) is 0 Å². The van der Waals surface area contributed by atoms with Crippen molar-refractivity contribution in [3.8, 4) is 17.2 Å². The van der Waals surface area contributed by atoms with Crippen LogP contribution in [0.4, 0.5) is 0 Å². The number of ether oxygens (including phenoxy) is 1. The van der Waals surface area contributed by atoms with Gasteiger partial charge in [0.05, 0.1) is 5.57 Å². The SMILES string of the molecule is O=C1OC(c2cc(O)cc(O)c2)C(c2ccc(O)cc2)=C1O. The van der Waals surface area contributed by atoms with Crippen LogP contribution in [-0.4, -0.2) is 26.4 Å². The number of phenols is 3. The fourth-order valence-electron chi connectivity index (χ4n) is 2.39. The van der Waals surface area contributed by atoms with Crippen molar-refractivity contribution in [1.29, 1.82) is 0 Å². The molecule has 6 heteroatoms. The highest BCUT2D eigenvalue weighted by atomic mass is 16.6. The van der Waals surface area contributed by atoms with E-state index in [1.807, 2.05) is 0 Å². The van der Waals surface area contributed by atoms with E-state index in [0.717, 1.165) is 6.07 Å². The van der Waals surface area contributed by atoms with Gasteiger partial charge in [-0.3, -0.25) is 0 Å². The largest absolute Gasteiger partial charge is 0.508 e. The molecule has 0 aromatic heterocycles. The minimum atomic E-state index is -0.963. The maximum atomic E-state index is 11.7. The van der Waals surface area contributed by atoms with E-state index in [1.54, 1.807) is 0 Å². The van der Waals surface area contributed by atoms with Crippen molar-refractivity contribution >= 4 is 11.5 Å². The Morgan fingerprint density at radius 3 is 2.00 bits per heavy atom. The lowest BCUT2D eigenvalue weighted by Crippen LogP contribution is -2.03. The lowest BCUT2D eigenvalue weighted by atomic mass is 9.95. The first-order valence-electron chi connectivity index (χ1n) is 6.42. The molecular formula is C16H12O6. The molecule has 4 N–H and O–H groups in total. The lowest BCUT2D eigenvalue weighted by molar-refractivity contribution is -0.142. The Hall–Kier alpha value is -3.15. The van der Waals surface area contributed by atoms with E-state index in [1.165, 1.54) is 36.4 Å². The molecule has 0 bridgehead atoms. The van der Waals surface area contributed by atoms with Gasteiger partial charge in [0.1, 0.15) is 17.2 Å². The molecule has 1 unspecified atom stereocenters. The zero-order chi connectivity index (χ0) is 15.9. The summed E-state index contributed by atoms with van der Waals surface area (Å²) in [6.45, 7) is 0. The molecule has 0 amide bonds. The van der Waals surface area contributed by atoms with Crippen molar-refractivity contribution in [2.24, 2.45) is 0 Å². The molecule has 1 atom stereocenters. The summed E-state index contributed by atoms with van der Waals surface area (Å²) in [6.07, 6.45) is -0.963. The number of hydrogen-bond acceptors (Lipinski definition) is 6. The van der Waals surface area contributed by atoms with Crippen molar-refractivity contribution in [1.82, 2.24) is 0 Å². The molecule has 22 heavy (non-hydrogen) atoms. The Morgan fingerprint density at radius 2 is 1.41 bits per heavy atom. The van der Waals surface area contributed by atoms with Crippen molar-refractivity contribution < 1.29 is 30.0 Å². The van der Waals surface area contributed by atoms with Gasteiger partial charge < -0.3 is 25.2 Å². The normalized spacial score (nSPS) is 17.6. The minimum Gasteiger partial charge on any atom is -0.508 e. The van der Waals surface area contributed by atoms with Crippen molar-refractivity contribution in [2.75, 3.05) is 0 Å². The van der Waals surface area contributed by atoms with Gasteiger partial charge in [0.25, 0.3) is 0 Å². The molecule has 0 spiro atoms. The number of benzene rings is 2. The predicted molar refractivity (Wildman–Crippen MR) is 76.3 cm³/mol. The monoisotopic (exact) mass is 300 g/mol.